The number of hydrogen-bond acceptors (Lipinski definition) is 7. The molecular formula is C24H22BrClN6O4. The van der Waals surface area contributed by atoms with E-state index in [4.69, 9.17) is 16.3 Å². The van der Waals surface area contributed by atoms with Gasteiger partial charge >= 0.3 is 5.69 Å². The van der Waals surface area contributed by atoms with Crippen molar-refractivity contribution in [2.45, 2.75) is 12.6 Å². The molecule has 10 nitrogen and oxygen atoms in total. The molecule has 2 heterocycles. The van der Waals surface area contributed by atoms with Gasteiger partial charge in [-0.3, -0.25) is 14.3 Å². The summed E-state index contributed by atoms with van der Waals surface area (Å²) in [5, 5.41) is 15.4. The van der Waals surface area contributed by atoms with Crippen LogP contribution in [0.5, 0.6) is 5.75 Å². The summed E-state index contributed by atoms with van der Waals surface area (Å²) in [6.45, 7) is -0.108. The molecule has 0 aliphatic carbocycles. The Bertz CT molecular complexity index is 1530. The number of aliphatic hydroxyl groups is 1. The summed E-state index contributed by atoms with van der Waals surface area (Å²) < 4.78 is 8.97. The molecule has 0 saturated heterocycles. The molecule has 2 aromatic heterocycles. The van der Waals surface area contributed by atoms with Crippen molar-refractivity contribution in [3.63, 3.8) is 0 Å². The SMILES string of the molecule is Cn1c(=O)[nH]c(=O)c2c1nc(N/N=C/C(Br)=C\c1ccccc1)n2C[C@@H](O)COc1ccc(Cl)cc1. The minimum absolute atomic E-state index is 0.0513. The first kappa shape index (κ1) is 25.4. The maximum absolute atomic E-state index is 12.6. The van der Waals surface area contributed by atoms with Crippen LogP contribution < -0.4 is 21.4 Å². The summed E-state index contributed by atoms with van der Waals surface area (Å²) in [7, 11) is 1.49. The van der Waals surface area contributed by atoms with Crippen molar-refractivity contribution >= 4 is 56.9 Å². The highest BCUT2D eigenvalue weighted by atomic mass is 79.9. The van der Waals surface area contributed by atoms with Crippen LogP contribution in [-0.2, 0) is 13.6 Å². The monoisotopic (exact) mass is 572 g/mol. The van der Waals surface area contributed by atoms with Gasteiger partial charge < -0.3 is 14.4 Å². The summed E-state index contributed by atoms with van der Waals surface area (Å²) in [5.41, 5.74) is 2.79. The second kappa shape index (κ2) is 11.4. The number of allylic oxidation sites excluding steroid dienone is 1. The molecule has 0 bridgehead atoms. The maximum Gasteiger partial charge on any atom is 0.329 e. The van der Waals surface area contributed by atoms with E-state index < -0.39 is 17.4 Å². The van der Waals surface area contributed by atoms with Gasteiger partial charge in [0.25, 0.3) is 5.56 Å². The number of aryl methyl sites for hydroxylation is 1. The van der Waals surface area contributed by atoms with Gasteiger partial charge in [0.1, 0.15) is 18.5 Å². The van der Waals surface area contributed by atoms with E-state index in [0.717, 1.165) is 5.56 Å². The van der Waals surface area contributed by atoms with Gasteiger partial charge in [-0.2, -0.15) is 10.1 Å². The van der Waals surface area contributed by atoms with E-state index in [0.29, 0.717) is 15.3 Å². The zero-order valence-corrected chi connectivity index (χ0v) is 21.4. The van der Waals surface area contributed by atoms with Gasteiger partial charge in [-0.25, -0.2) is 10.2 Å². The summed E-state index contributed by atoms with van der Waals surface area (Å²) >= 11 is 9.33. The van der Waals surface area contributed by atoms with E-state index in [2.05, 4.69) is 36.4 Å². The molecule has 36 heavy (non-hydrogen) atoms. The lowest BCUT2D eigenvalue weighted by Gasteiger charge is -2.15. The molecule has 0 aliphatic rings. The molecule has 4 rings (SSSR count). The third-order valence-corrected chi connectivity index (χ3v) is 5.80. The minimum atomic E-state index is -1.01. The molecular weight excluding hydrogens is 552 g/mol. The zero-order valence-electron chi connectivity index (χ0n) is 19.1. The van der Waals surface area contributed by atoms with Gasteiger partial charge in [-0.05, 0) is 51.8 Å². The Kier molecular flexibility index (Phi) is 8.04. The van der Waals surface area contributed by atoms with Crippen molar-refractivity contribution < 1.29 is 9.84 Å². The number of nitrogens with zero attached hydrogens (tertiary/aromatic N) is 4. The lowest BCUT2D eigenvalue weighted by atomic mass is 10.2. The van der Waals surface area contributed by atoms with Crippen molar-refractivity contribution in [3.05, 3.63) is 90.5 Å². The predicted octanol–water partition coefficient (Wildman–Crippen LogP) is 3.35. The highest BCUT2D eigenvalue weighted by Crippen LogP contribution is 2.18. The fourth-order valence-electron chi connectivity index (χ4n) is 3.38. The number of aliphatic hydroxyl groups excluding tert-OH is 1. The van der Waals surface area contributed by atoms with Crippen molar-refractivity contribution in [2.24, 2.45) is 12.1 Å². The van der Waals surface area contributed by atoms with E-state index in [1.165, 1.54) is 22.4 Å². The molecule has 0 saturated carbocycles. The molecule has 0 aliphatic heterocycles. The van der Waals surface area contributed by atoms with E-state index in [9.17, 15) is 14.7 Å². The Hall–Kier alpha value is -3.67. The molecule has 2 aromatic carbocycles. The number of nitrogens with one attached hydrogen (secondary N) is 2. The summed E-state index contributed by atoms with van der Waals surface area (Å²) in [6, 6.07) is 16.4. The summed E-state index contributed by atoms with van der Waals surface area (Å²) in [6.07, 6.45) is 2.39. The molecule has 3 N–H and O–H groups in total. The number of imidazole rings is 1. The molecule has 4 aromatic rings. The van der Waals surface area contributed by atoms with E-state index in [1.54, 1.807) is 24.3 Å². The molecule has 0 amide bonds. The van der Waals surface area contributed by atoms with E-state index in [-0.39, 0.29) is 30.3 Å². The highest BCUT2D eigenvalue weighted by Gasteiger charge is 2.20. The maximum atomic E-state index is 12.6. The van der Waals surface area contributed by atoms with Crippen LogP contribution in [-0.4, -0.2) is 43.1 Å². The number of hydrazone groups is 1. The normalized spacial score (nSPS) is 12.8. The molecule has 0 spiro atoms. The van der Waals surface area contributed by atoms with Crippen LogP contribution >= 0.6 is 27.5 Å². The molecule has 0 fully saturated rings. The third-order valence-electron chi connectivity index (χ3n) is 5.11. The fraction of sp³-hybridized carbons (Fsp3) is 0.167. The summed E-state index contributed by atoms with van der Waals surface area (Å²) in [5.74, 6) is 0.700. The van der Waals surface area contributed by atoms with Crippen molar-refractivity contribution in [1.29, 1.82) is 0 Å². The Morgan fingerprint density at radius 2 is 1.97 bits per heavy atom. The van der Waals surface area contributed by atoms with Crippen LogP contribution in [0.15, 0.2) is 73.8 Å². The van der Waals surface area contributed by atoms with Crippen molar-refractivity contribution in [2.75, 3.05) is 12.0 Å². The topological polar surface area (TPSA) is 127 Å². The van der Waals surface area contributed by atoms with Crippen LogP contribution in [0.1, 0.15) is 5.56 Å². The minimum Gasteiger partial charge on any atom is -0.491 e. The largest absolute Gasteiger partial charge is 0.491 e. The predicted molar refractivity (Wildman–Crippen MR) is 144 cm³/mol. The lowest BCUT2D eigenvalue weighted by Crippen LogP contribution is -2.30. The first-order chi connectivity index (χ1) is 17.3. The number of benzene rings is 2. The van der Waals surface area contributed by atoms with E-state index >= 15 is 0 Å². The molecule has 0 radical (unpaired) electrons. The molecule has 1 atom stereocenters. The first-order valence-corrected chi connectivity index (χ1v) is 12.0. The van der Waals surface area contributed by atoms with Gasteiger partial charge in [0.2, 0.25) is 5.95 Å². The molecule has 12 heteroatoms. The van der Waals surface area contributed by atoms with Crippen molar-refractivity contribution in [1.82, 2.24) is 19.1 Å². The molecule has 186 valence electrons. The lowest BCUT2D eigenvalue weighted by molar-refractivity contribution is 0.0938. The Balaban J connectivity index is 1.58. The number of hydrogen-bond donors (Lipinski definition) is 3. The Labute approximate surface area is 218 Å². The number of rotatable bonds is 9. The number of fused-ring (bicyclic) bond motifs is 1. The average molecular weight is 574 g/mol. The third kappa shape index (κ3) is 6.11. The zero-order chi connectivity index (χ0) is 25.7. The van der Waals surface area contributed by atoms with E-state index in [1.807, 2.05) is 36.4 Å². The quantitative estimate of drug-likeness (QED) is 0.208. The Morgan fingerprint density at radius 3 is 2.69 bits per heavy atom. The standard InChI is InChI=1S/C24H22BrClN6O4/c1-31-21-20(22(34)29-24(31)35)32(13-18(33)14-36-19-9-7-17(26)8-10-19)23(28-21)30-27-12-16(25)11-15-5-3-2-4-6-15/h2-12,18,33H,13-14H2,1H3,(H,28,30)(H,29,34,35)/b16-11+,27-12+/t18-/m1/s1. The van der Waals surface area contributed by atoms with Crippen LogP contribution in [0.4, 0.5) is 5.95 Å². The second-order valence-electron chi connectivity index (χ2n) is 7.77. The Morgan fingerprint density at radius 1 is 1.25 bits per heavy atom. The van der Waals surface area contributed by atoms with Gasteiger partial charge in [0.05, 0.1) is 12.8 Å². The van der Waals surface area contributed by atoms with Crippen LogP contribution in [0, 0.1) is 0 Å². The highest BCUT2D eigenvalue weighted by molar-refractivity contribution is 9.12. The first-order valence-electron chi connectivity index (χ1n) is 10.8. The van der Waals surface area contributed by atoms with Gasteiger partial charge in [-0.15, -0.1) is 0 Å². The number of H-pyrrole nitrogens is 1. The second-order valence-corrected chi connectivity index (χ2v) is 9.12. The number of ether oxygens (including phenoxy) is 1. The van der Waals surface area contributed by atoms with Gasteiger partial charge in [-0.1, -0.05) is 41.9 Å². The van der Waals surface area contributed by atoms with Crippen molar-refractivity contribution in [3.8, 4) is 5.75 Å². The van der Waals surface area contributed by atoms with Crippen LogP contribution in [0.3, 0.4) is 0 Å². The summed E-state index contributed by atoms with van der Waals surface area (Å²) in [4.78, 5) is 31.3. The number of anilines is 1. The number of aromatic amines is 1. The van der Waals surface area contributed by atoms with Gasteiger partial charge in [0, 0.05) is 16.6 Å². The smallest absolute Gasteiger partial charge is 0.329 e. The van der Waals surface area contributed by atoms with Gasteiger partial charge in [0.15, 0.2) is 11.2 Å². The number of halogens is 2. The van der Waals surface area contributed by atoms with Crippen LogP contribution in [0.25, 0.3) is 17.2 Å². The average Bonchev–Trinajstić information content (AvgIpc) is 3.21. The van der Waals surface area contributed by atoms with Crippen LogP contribution in [0.2, 0.25) is 5.02 Å². The number of aromatic nitrogens is 4. The molecule has 0 unspecified atom stereocenters. The fourth-order valence-corrected chi connectivity index (χ4v) is 3.87.